The molecule has 0 aliphatic heterocycles. The average molecular weight is 267 g/mol. The molecule has 98 valence electrons. The lowest BCUT2D eigenvalue weighted by Gasteiger charge is -2.09. The van der Waals surface area contributed by atoms with Gasteiger partial charge in [0.2, 0.25) is 0 Å². The van der Waals surface area contributed by atoms with Gasteiger partial charge in [-0.15, -0.1) is 0 Å². The number of pyridine rings is 1. The zero-order valence-electron chi connectivity index (χ0n) is 10.6. The third kappa shape index (κ3) is 2.43. The van der Waals surface area contributed by atoms with Crippen LogP contribution >= 0.6 is 0 Å². The minimum atomic E-state index is -0.284. The summed E-state index contributed by atoms with van der Waals surface area (Å²) in [5, 5.41) is 0. The van der Waals surface area contributed by atoms with Crippen molar-refractivity contribution in [2.24, 2.45) is 0 Å². The lowest BCUT2D eigenvalue weighted by molar-refractivity contribution is 0.627. The highest BCUT2D eigenvalue weighted by atomic mass is 19.1. The van der Waals surface area contributed by atoms with Crippen molar-refractivity contribution in [3.63, 3.8) is 0 Å². The molecule has 0 aliphatic rings. The Balaban J connectivity index is 2.13. The quantitative estimate of drug-likeness (QED) is 0.656. The maximum atomic E-state index is 13.0. The molecule has 0 N–H and O–H groups in total. The Hall–Kier alpha value is -2.55. The molecule has 1 nitrogen and oxygen atoms in total. The molecule has 3 rings (SSSR count). The Morgan fingerprint density at radius 2 is 1.20 bits per heavy atom. The molecule has 0 saturated carbocycles. The predicted molar refractivity (Wildman–Crippen MR) is 75.0 cm³/mol. The van der Waals surface area contributed by atoms with Crippen molar-refractivity contribution in [3.05, 3.63) is 78.5 Å². The first kappa shape index (κ1) is 12.5. The van der Waals surface area contributed by atoms with Crippen molar-refractivity contribution in [2.75, 3.05) is 0 Å². The van der Waals surface area contributed by atoms with Gasteiger partial charge >= 0.3 is 0 Å². The van der Waals surface area contributed by atoms with Crippen LogP contribution in [-0.2, 0) is 0 Å². The van der Waals surface area contributed by atoms with E-state index >= 15 is 0 Å². The van der Waals surface area contributed by atoms with Crippen LogP contribution in [0.1, 0.15) is 0 Å². The van der Waals surface area contributed by atoms with Crippen LogP contribution < -0.4 is 0 Å². The summed E-state index contributed by atoms with van der Waals surface area (Å²) in [7, 11) is 0. The third-order valence-electron chi connectivity index (χ3n) is 3.08. The van der Waals surface area contributed by atoms with Gasteiger partial charge in [0.05, 0.1) is 5.69 Å². The zero-order chi connectivity index (χ0) is 13.9. The Morgan fingerprint density at radius 3 is 1.80 bits per heavy atom. The Labute approximate surface area is 115 Å². The molecule has 0 radical (unpaired) electrons. The summed E-state index contributed by atoms with van der Waals surface area (Å²) >= 11 is 0. The first-order valence-corrected chi connectivity index (χ1v) is 6.21. The van der Waals surface area contributed by atoms with Crippen LogP contribution in [-0.4, -0.2) is 4.98 Å². The average Bonchev–Trinajstić information content (AvgIpc) is 2.49. The van der Waals surface area contributed by atoms with Crippen molar-refractivity contribution in [1.82, 2.24) is 4.98 Å². The van der Waals surface area contributed by atoms with Crippen LogP contribution in [0.15, 0.2) is 66.9 Å². The van der Waals surface area contributed by atoms with Crippen molar-refractivity contribution >= 4 is 0 Å². The van der Waals surface area contributed by atoms with E-state index in [2.05, 4.69) is 4.98 Å². The normalized spacial score (nSPS) is 10.5. The summed E-state index contributed by atoms with van der Waals surface area (Å²) in [5.41, 5.74) is 3.34. The molecule has 0 aliphatic carbocycles. The highest BCUT2D eigenvalue weighted by Crippen LogP contribution is 2.30. The molecule has 0 unspecified atom stereocenters. The van der Waals surface area contributed by atoms with Crippen molar-refractivity contribution in [3.8, 4) is 22.4 Å². The number of nitrogens with zero attached hydrogens (tertiary/aromatic N) is 1. The van der Waals surface area contributed by atoms with Crippen molar-refractivity contribution in [1.29, 1.82) is 0 Å². The van der Waals surface area contributed by atoms with Crippen LogP contribution in [0.2, 0.25) is 0 Å². The standard InChI is InChI=1S/C17H11F2N/c18-14-7-3-12(4-8-14)16-2-1-11-20-17(16)13-5-9-15(19)10-6-13/h1-11H. The van der Waals surface area contributed by atoms with E-state index in [0.717, 1.165) is 22.4 Å². The molecular formula is C17H11F2N. The summed E-state index contributed by atoms with van der Waals surface area (Å²) in [4.78, 5) is 4.36. The molecule has 0 bridgehead atoms. The van der Waals surface area contributed by atoms with Gasteiger partial charge in [-0.1, -0.05) is 18.2 Å². The van der Waals surface area contributed by atoms with E-state index in [4.69, 9.17) is 0 Å². The number of hydrogen-bond acceptors (Lipinski definition) is 1. The molecular weight excluding hydrogens is 256 g/mol. The maximum absolute atomic E-state index is 13.0. The smallest absolute Gasteiger partial charge is 0.123 e. The van der Waals surface area contributed by atoms with Gasteiger partial charge in [0.25, 0.3) is 0 Å². The summed E-state index contributed by atoms with van der Waals surface area (Å²) in [5.74, 6) is -0.561. The number of halogens is 2. The topological polar surface area (TPSA) is 12.9 Å². The van der Waals surface area contributed by atoms with E-state index in [1.54, 1.807) is 30.5 Å². The second kappa shape index (κ2) is 5.21. The molecule has 3 aromatic rings. The highest BCUT2D eigenvalue weighted by Gasteiger charge is 2.08. The number of rotatable bonds is 2. The molecule has 0 spiro atoms. The van der Waals surface area contributed by atoms with Gasteiger partial charge in [-0.25, -0.2) is 8.78 Å². The number of aromatic nitrogens is 1. The second-order valence-corrected chi connectivity index (χ2v) is 4.41. The van der Waals surface area contributed by atoms with Gasteiger partial charge < -0.3 is 0 Å². The summed E-state index contributed by atoms with van der Waals surface area (Å²) in [6, 6.07) is 16.2. The van der Waals surface area contributed by atoms with E-state index in [9.17, 15) is 8.78 Å². The molecule has 3 heteroatoms. The third-order valence-corrected chi connectivity index (χ3v) is 3.08. The molecule has 0 atom stereocenters. The molecule has 2 aromatic carbocycles. The fraction of sp³-hybridized carbons (Fsp3) is 0. The van der Waals surface area contributed by atoms with Crippen LogP contribution in [0.25, 0.3) is 22.4 Å². The molecule has 1 aromatic heterocycles. The fourth-order valence-electron chi connectivity index (χ4n) is 2.11. The highest BCUT2D eigenvalue weighted by molar-refractivity contribution is 5.80. The Kier molecular flexibility index (Phi) is 3.25. The van der Waals surface area contributed by atoms with Crippen molar-refractivity contribution < 1.29 is 8.78 Å². The first-order chi connectivity index (χ1) is 9.74. The lowest BCUT2D eigenvalue weighted by Crippen LogP contribution is -1.89. The van der Waals surface area contributed by atoms with E-state index in [-0.39, 0.29) is 11.6 Å². The number of hydrogen-bond donors (Lipinski definition) is 0. The van der Waals surface area contributed by atoms with E-state index < -0.39 is 0 Å². The molecule has 0 amide bonds. The van der Waals surface area contributed by atoms with E-state index in [1.165, 1.54) is 24.3 Å². The molecule has 0 fully saturated rings. The first-order valence-electron chi connectivity index (χ1n) is 6.21. The largest absolute Gasteiger partial charge is 0.256 e. The van der Waals surface area contributed by atoms with Crippen molar-refractivity contribution in [2.45, 2.75) is 0 Å². The Bertz CT molecular complexity index is 654. The monoisotopic (exact) mass is 267 g/mol. The minimum Gasteiger partial charge on any atom is -0.256 e. The van der Waals surface area contributed by atoms with Gasteiger partial charge in [0, 0.05) is 17.3 Å². The zero-order valence-corrected chi connectivity index (χ0v) is 10.6. The second-order valence-electron chi connectivity index (χ2n) is 4.41. The minimum absolute atomic E-state index is 0.277. The summed E-state index contributed by atoms with van der Waals surface area (Å²) in [6.45, 7) is 0. The number of benzene rings is 2. The fourth-order valence-corrected chi connectivity index (χ4v) is 2.11. The van der Waals surface area contributed by atoms with E-state index in [0.29, 0.717) is 0 Å². The lowest BCUT2D eigenvalue weighted by atomic mass is 9.99. The van der Waals surface area contributed by atoms with Crippen LogP contribution in [0, 0.1) is 11.6 Å². The van der Waals surface area contributed by atoms with Gasteiger partial charge in [0.1, 0.15) is 11.6 Å². The van der Waals surface area contributed by atoms with Gasteiger partial charge in [0.15, 0.2) is 0 Å². The molecule has 1 heterocycles. The van der Waals surface area contributed by atoms with Gasteiger partial charge in [-0.2, -0.15) is 0 Å². The van der Waals surface area contributed by atoms with Crippen LogP contribution in [0.3, 0.4) is 0 Å². The molecule has 0 saturated heterocycles. The van der Waals surface area contributed by atoms with Gasteiger partial charge in [-0.3, -0.25) is 4.98 Å². The Morgan fingerprint density at radius 1 is 0.650 bits per heavy atom. The SMILES string of the molecule is Fc1ccc(-c2cccnc2-c2ccc(F)cc2)cc1. The van der Waals surface area contributed by atoms with E-state index in [1.807, 2.05) is 12.1 Å². The maximum Gasteiger partial charge on any atom is 0.123 e. The summed E-state index contributed by atoms with van der Waals surface area (Å²) in [6.07, 6.45) is 1.69. The van der Waals surface area contributed by atoms with Gasteiger partial charge in [-0.05, 0) is 48.0 Å². The van der Waals surface area contributed by atoms with Crippen LogP contribution in [0.5, 0.6) is 0 Å². The molecule has 20 heavy (non-hydrogen) atoms. The predicted octanol–water partition coefficient (Wildman–Crippen LogP) is 4.69. The van der Waals surface area contributed by atoms with Crippen LogP contribution in [0.4, 0.5) is 8.78 Å². The summed E-state index contributed by atoms with van der Waals surface area (Å²) < 4.78 is 26.0.